The molecule has 14 heteroatoms. The molecule has 0 radical (unpaired) electrons. The number of carboxylic acids is 1. The monoisotopic (exact) mass is 575 g/mol. The molecule has 0 aliphatic carbocycles. The fourth-order valence-electron chi connectivity index (χ4n) is 3.93. The van der Waals surface area contributed by atoms with Crippen molar-refractivity contribution in [3.8, 4) is 5.75 Å². The number of aromatic nitrogens is 2. The Balaban J connectivity index is 1.90. The van der Waals surface area contributed by atoms with Crippen LogP contribution in [0.4, 0.5) is 18.9 Å². The molecule has 0 atom stereocenters. The second-order valence-corrected chi connectivity index (χ2v) is 10.8. The number of carbonyl (C=O) groups is 1. The van der Waals surface area contributed by atoms with Crippen LogP contribution in [0.5, 0.6) is 5.75 Å². The maximum atomic E-state index is 13.6. The molecule has 1 aromatic heterocycles. The highest BCUT2D eigenvalue weighted by Gasteiger charge is 2.36. The van der Waals surface area contributed by atoms with Gasteiger partial charge in [0, 0.05) is 35.9 Å². The minimum absolute atomic E-state index is 0.0341. The maximum Gasteiger partial charge on any atom is 0.435 e. The first-order valence-electron chi connectivity index (χ1n) is 11.6. The summed E-state index contributed by atoms with van der Waals surface area (Å²) in [5, 5.41) is 14.2. The topological polar surface area (TPSA) is 126 Å². The number of methoxy groups -OCH3 is 1. The van der Waals surface area contributed by atoms with E-state index in [1.165, 1.54) is 49.5 Å². The van der Waals surface area contributed by atoms with E-state index in [0.717, 1.165) is 23.1 Å². The summed E-state index contributed by atoms with van der Waals surface area (Å²) in [5.74, 6) is -0.728. The third kappa shape index (κ3) is 6.34. The van der Waals surface area contributed by atoms with Crippen molar-refractivity contribution >= 4 is 45.2 Å². The van der Waals surface area contributed by atoms with Gasteiger partial charge in [-0.05, 0) is 48.4 Å². The minimum Gasteiger partial charge on any atom is -0.497 e. The number of rotatable bonds is 8. The van der Waals surface area contributed by atoms with Crippen LogP contribution < -0.4 is 10.2 Å². The van der Waals surface area contributed by atoms with Crippen LogP contribution in [0.3, 0.4) is 0 Å². The van der Waals surface area contributed by atoms with E-state index in [-0.39, 0.29) is 34.5 Å². The third-order valence-corrected chi connectivity index (χ3v) is 6.83. The van der Waals surface area contributed by atoms with Gasteiger partial charge in [0.25, 0.3) is 0 Å². The van der Waals surface area contributed by atoms with Crippen molar-refractivity contribution in [2.45, 2.75) is 18.0 Å². The van der Waals surface area contributed by atoms with Gasteiger partial charge in [-0.15, -0.1) is 0 Å². The van der Waals surface area contributed by atoms with Crippen molar-refractivity contribution in [1.29, 1.82) is 0 Å². The lowest BCUT2D eigenvalue weighted by Gasteiger charge is -2.32. The molecule has 210 valence electrons. The summed E-state index contributed by atoms with van der Waals surface area (Å²) in [4.78, 5) is 15.3. The number of aryl methyl sites for hydroxylation is 1. The summed E-state index contributed by atoms with van der Waals surface area (Å²) >= 11 is 0. The predicted octanol–water partition coefficient (Wildman–Crippen LogP) is 4.42. The Morgan fingerprint density at radius 2 is 1.93 bits per heavy atom. The second kappa shape index (κ2) is 10.9. The van der Waals surface area contributed by atoms with Crippen LogP contribution in [-0.2, 0) is 20.8 Å². The largest absolute Gasteiger partial charge is 0.497 e. The number of alkyl halides is 3. The lowest BCUT2D eigenvalue weighted by molar-refractivity contribution is -0.141. The third-order valence-electron chi connectivity index (χ3n) is 5.74. The molecule has 0 amide bonds. The highest BCUT2D eigenvalue weighted by molar-refractivity contribution is 7.90. The van der Waals surface area contributed by atoms with Crippen molar-refractivity contribution in [1.82, 2.24) is 14.8 Å². The molecule has 2 N–H and O–H groups in total. The van der Waals surface area contributed by atoms with Gasteiger partial charge >= 0.3 is 12.1 Å². The molecule has 4 rings (SSSR count). The number of anilines is 1. The highest BCUT2D eigenvalue weighted by Crippen LogP contribution is 2.34. The summed E-state index contributed by atoms with van der Waals surface area (Å²) in [5.41, 5.74) is 3.79. The lowest BCUT2D eigenvalue weighted by Crippen LogP contribution is -2.35. The van der Waals surface area contributed by atoms with Gasteiger partial charge in [-0.3, -0.25) is 10.4 Å². The molecule has 0 bridgehead atoms. The first-order chi connectivity index (χ1) is 18.8. The number of aliphatic imine (C=N–C) groups is 1. The Bertz CT molecular complexity index is 1660. The minimum atomic E-state index is -4.70. The Morgan fingerprint density at radius 3 is 2.55 bits per heavy atom. The zero-order valence-electron chi connectivity index (χ0n) is 21.5. The molecular weight excluding hydrogens is 551 g/mol. The van der Waals surface area contributed by atoms with Crippen molar-refractivity contribution in [2.24, 2.45) is 4.99 Å². The summed E-state index contributed by atoms with van der Waals surface area (Å²) in [6.07, 6.45) is 0.169. The molecule has 0 saturated carbocycles. The summed E-state index contributed by atoms with van der Waals surface area (Å²) in [7, 11) is -2.25. The SMILES string of the molecule is COc1cc(NN2CN=CC(c3cccc(/C=C/C(=O)O)c3)=C2n2nc(C(F)(F)F)cc2C)cc(S(C)(=O)=O)c1. The van der Waals surface area contributed by atoms with E-state index in [1.54, 1.807) is 24.3 Å². The van der Waals surface area contributed by atoms with E-state index in [0.29, 0.717) is 16.7 Å². The number of nitrogens with one attached hydrogen (secondary N) is 1. The van der Waals surface area contributed by atoms with Crippen molar-refractivity contribution in [3.63, 3.8) is 0 Å². The molecule has 0 saturated heterocycles. The van der Waals surface area contributed by atoms with Gasteiger partial charge in [0.05, 0.1) is 17.7 Å². The van der Waals surface area contributed by atoms with Crippen LogP contribution in [0.2, 0.25) is 0 Å². The number of hydrogen-bond acceptors (Lipinski definition) is 8. The number of sulfone groups is 1. The maximum absolute atomic E-state index is 13.6. The Morgan fingerprint density at radius 1 is 1.18 bits per heavy atom. The molecule has 0 fully saturated rings. The van der Waals surface area contributed by atoms with Gasteiger partial charge in [-0.1, -0.05) is 18.2 Å². The Labute approximate surface area is 227 Å². The van der Waals surface area contributed by atoms with E-state index in [1.807, 2.05) is 0 Å². The number of carboxylic acid groups (broad SMARTS) is 1. The summed E-state index contributed by atoms with van der Waals surface area (Å²) in [6, 6.07) is 11.8. The summed E-state index contributed by atoms with van der Waals surface area (Å²) < 4.78 is 71.6. The number of benzene rings is 2. The van der Waals surface area contributed by atoms with Gasteiger partial charge < -0.3 is 9.84 Å². The lowest BCUT2D eigenvalue weighted by atomic mass is 10.0. The van der Waals surface area contributed by atoms with Gasteiger partial charge in [0.15, 0.2) is 21.4 Å². The van der Waals surface area contributed by atoms with Gasteiger partial charge in [-0.25, -0.2) is 22.9 Å². The standard InChI is InChI=1S/C26H24F3N5O5S/c1-16-9-23(26(27,28)29)32-34(16)25-22(18-6-4-5-17(10-18)7-8-24(35)36)14-30-15-33(25)31-19-11-20(39-2)13-21(12-19)40(3,37)38/h4-14,31H,15H2,1-3H3,(H,35,36)/b8-7+. The zero-order valence-corrected chi connectivity index (χ0v) is 22.3. The van der Waals surface area contributed by atoms with E-state index in [4.69, 9.17) is 9.84 Å². The molecular formula is C26H24F3N5O5S. The smallest absolute Gasteiger partial charge is 0.435 e. The van der Waals surface area contributed by atoms with Crippen LogP contribution in [0.15, 0.2) is 64.5 Å². The fraction of sp³-hybridized carbons (Fsp3) is 0.192. The first kappa shape index (κ1) is 28.4. The predicted molar refractivity (Wildman–Crippen MR) is 143 cm³/mol. The van der Waals surface area contributed by atoms with E-state index in [2.05, 4.69) is 15.5 Å². The van der Waals surface area contributed by atoms with Crippen molar-refractivity contribution in [3.05, 3.63) is 77.1 Å². The van der Waals surface area contributed by atoms with Gasteiger partial charge in [-0.2, -0.15) is 18.3 Å². The Kier molecular flexibility index (Phi) is 7.73. The van der Waals surface area contributed by atoms with E-state index in [9.17, 15) is 26.4 Å². The molecule has 2 heterocycles. The molecule has 40 heavy (non-hydrogen) atoms. The van der Waals surface area contributed by atoms with Crippen LogP contribution in [0.1, 0.15) is 22.5 Å². The van der Waals surface area contributed by atoms with E-state index < -0.39 is 27.7 Å². The molecule has 10 nitrogen and oxygen atoms in total. The molecule has 2 aromatic carbocycles. The zero-order chi connectivity index (χ0) is 29.2. The van der Waals surface area contributed by atoms with Gasteiger partial charge in [0.1, 0.15) is 12.4 Å². The number of allylic oxidation sites excluding steroid dienone is 1. The molecule has 0 unspecified atom stereocenters. The number of ether oxygens (including phenoxy) is 1. The van der Waals surface area contributed by atoms with Crippen LogP contribution in [-0.4, -0.2) is 60.5 Å². The van der Waals surface area contributed by atoms with Crippen molar-refractivity contribution in [2.75, 3.05) is 25.5 Å². The van der Waals surface area contributed by atoms with Crippen LogP contribution >= 0.6 is 0 Å². The van der Waals surface area contributed by atoms with E-state index >= 15 is 0 Å². The van der Waals surface area contributed by atoms with Crippen molar-refractivity contribution < 1.29 is 36.2 Å². The number of halogens is 3. The number of aliphatic carboxylic acids is 1. The molecule has 3 aromatic rings. The second-order valence-electron chi connectivity index (χ2n) is 8.78. The van der Waals surface area contributed by atoms with Crippen LogP contribution in [0.25, 0.3) is 17.5 Å². The molecule has 1 aliphatic heterocycles. The number of hydrazine groups is 1. The quantitative estimate of drug-likeness (QED) is 0.378. The first-order valence-corrected chi connectivity index (χ1v) is 13.5. The Hall–Kier alpha value is -4.59. The highest BCUT2D eigenvalue weighted by atomic mass is 32.2. The average molecular weight is 576 g/mol. The van der Waals surface area contributed by atoms with Crippen LogP contribution in [0, 0.1) is 6.92 Å². The summed E-state index contributed by atoms with van der Waals surface area (Å²) in [6.45, 7) is 1.40. The molecule has 1 aliphatic rings. The molecule has 0 spiro atoms. The number of nitrogens with zero attached hydrogens (tertiary/aromatic N) is 4. The fourth-order valence-corrected chi connectivity index (χ4v) is 4.60. The number of hydrogen-bond donors (Lipinski definition) is 2. The average Bonchev–Trinajstić information content (AvgIpc) is 3.28. The van der Waals surface area contributed by atoms with Gasteiger partial charge in [0.2, 0.25) is 0 Å². The normalized spacial score (nSPS) is 14.2.